The van der Waals surface area contributed by atoms with Crippen LogP contribution in [0.2, 0.25) is 0 Å². The van der Waals surface area contributed by atoms with Crippen LogP contribution in [0, 0.1) is 0 Å². The molecule has 0 radical (unpaired) electrons. The van der Waals surface area contributed by atoms with Crippen molar-refractivity contribution in [2.45, 2.75) is 0 Å². The molecule has 0 aromatic heterocycles. The molecule has 0 fully saturated rings. The molecule has 0 saturated heterocycles. The zero-order chi connectivity index (χ0) is 50.0. The Morgan fingerprint density at radius 1 is 0.109 bits per heavy atom. The van der Waals surface area contributed by atoms with Gasteiger partial charge in [-0.25, -0.2) is 59.3 Å². The summed E-state index contributed by atoms with van der Waals surface area (Å²) in [5, 5.41) is 0. The predicted molar refractivity (Wildman–Crippen MR) is 191 cm³/mol. The van der Waals surface area contributed by atoms with Crippen molar-refractivity contribution in [3.8, 4) is 0 Å². The van der Waals surface area contributed by atoms with Crippen LogP contribution in [0.3, 0.4) is 0 Å². The molecule has 0 aliphatic heterocycles. The van der Waals surface area contributed by atoms with Crippen LogP contribution >= 0.6 is 297 Å². The van der Waals surface area contributed by atoms with Crippen LogP contribution in [0.1, 0.15) is 0 Å². The zero-order valence-electron chi connectivity index (χ0n) is 25.4. The molecule has 0 saturated carbocycles. The van der Waals surface area contributed by atoms with Crippen molar-refractivity contribution in [3.05, 3.63) is 0 Å². The monoisotopic (exact) mass is 1410 g/mol. The Hall–Kier alpha value is 11.2. The zero-order valence-corrected chi connectivity index (χ0v) is 54.3. The van der Waals surface area contributed by atoms with Crippen molar-refractivity contribution in [1.82, 2.24) is 0 Å². The third kappa shape index (κ3) is 2060. The molecule has 25 nitrogen and oxygen atoms in total. The molecule has 350 valence electrons. The summed E-state index contributed by atoms with van der Waals surface area (Å²) in [6.45, 7) is 0. The molecular formula is H20Cl25Na5O25. The van der Waals surface area contributed by atoms with Crippen molar-refractivity contribution in [2.75, 3.05) is 0 Å². The molecule has 0 spiro atoms. The van der Waals surface area contributed by atoms with Gasteiger partial charge in [-0.05, 0) is 0 Å². The Labute approximate surface area is 550 Å². The van der Waals surface area contributed by atoms with Gasteiger partial charge in [-0.2, -0.15) is 0 Å². The van der Waals surface area contributed by atoms with Gasteiger partial charge in [-0.1, -0.05) is 0 Å². The summed E-state index contributed by atoms with van der Waals surface area (Å²) < 4.78 is 168. The molecule has 0 heterocycles. The summed E-state index contributed by atoms with van der Waals surface area (Å²) in [6, 6.07) is 0. The maximum Gasteiger partial charge on any atom is 1.00 e. The average molecular weight is 1420 g/mol. The van der Waals surface area contributed by atoms with Crippen molar-refractivity contribution < 1.29 is 264 Å². The first-order valence-corrected chi connectivity index (χ1v) is 12.5. The Morgan fingerprint density at radius 2 is 0.109 bits per heavy atom. The molecule has 55 heteroatoms. The molecule has 0 aromatic rings. The first-order valence-electron chi connectivity index (χ1n) is 4.15. The fourth-order valence-corrected chi connectivity index (χ4v) is 0. The first kappa shape index (κ1) is 215. The number of halogens is 25. The van der Waals surface area contributed by atoms with Crippen molar-refractivity contribution >= 4 is 297 Å². The van der Waals surface area contributed by atoms with Crippen molar-refractivity contribution in [3.63, 3.8) is 0 Å². The number of rotatable bonds is 0. The van der Waals surface area contributed by atoms with E-state index in [1.807, 2.05) is 0 Å². The first-order chi connectivity index (χ1) is 25.0. The minimum atomic E-state index is 0. The fourth-order valence-electron chi connectivity index (χ4n) is 0. The van der Waals surface area contributed by atoms with Gasteiger partial charge in [0.1, 0.15) is 0 Å². The van der Waals surface area contributed by atoms with Gasteiger partial charge in [-0.15, -0.1) is 0 Å². The fraction of sp³-hybridized carbons (Fsp3) is 0. The molecule has 20 N–H and O–H groups in total. The molecule has 0 aliphatic rings. The van der Waals surface area contributed by atoms with Gasteiger partial charge in [-0.3, -0.25) is 93.2 Å². The molecule has 55 heavy (non-hydrogen) atoms. The molecule has 0 bridgehead atoms. The second-order valence-corrected chi connectivity index (χ2v) is 0. The summed E-state index contributed by atoms with van der Waals surface area (Å²) >= 11 is 89.7. The minimum absolute atomic E-state index is 0. The van der Waals surface area contributed by atoms with Crippen molar-refractivity contribution in [2.24, 2.45) is 0 Å². The maximum absolute atomic E-state index is 7.72. The summed E-state index contributed by atoms with van der Waals surface area (Å²) in [7, 11) is 0. The third-order valence-electron chi connectivity index (χ3n) is 0. The Balaban J connectivity index is -0.00000000421. The van der Waals surface area contributed by atoms with E-state index >= 15 is 0 Å². The van der Waals surface area contributed by atoms with E-state index < -0.39 is 0 Å². The summed E-state index contributed by atoms with van der Waals surface area (Å²) in [6.07, 6.45) is 0. The van der Waals surface area contributed by atoms with Gasteiger partial charge in [0.25, 0.3) is 0 Å². The summed E-state index contributed by atoms with van der Waals surface area (Å²) in [5.74, 6) is 0. The molecule has 0 aromatic carbocycles. The Kier molecular flexibility index (Phi) is 8310. The van der Waals surface area contributed by atoms with Crippen molar-refractivity contribution in [1.29, 1.82) is 0 Å². The van der Waals surface area contributed by atoms with Gasteiger partial charge in [0, 0.05) is 0 Å². The van der Waals surface area contributed by atoms with E-state index in [1.165, 1.54) is 0 Å². The Bertz CT molecular complexity index is 74.2. The SMILES string of the molecule is OCl.OCl.OCl.OCl.OCl.OCl.OCl.OCl.OCl.OCl.OCl.OCl.OCl.OCl.OCl.OCl.OCl.OCl.OCl.OCl.[Na+].[Na+].[Na+].[Na+].[Na+].[O-]Cl.[O-]Cl.[O-]Cl.[O-]Cl.[O-]Cl. The second-order valence-electron chi connectivity index (χ2n) is 0. The van der Waals surface area contributed by atoms with Crippen LogP contribution in [-0.2, 0) is 0 Å². The smallest absolute Gasteiger partial charge is 0.769 e. The molecule has 0 rings (SSSR count). The number of hydrogen-bond donors (Lipinski definition) is 20. The quantitative estimate of drug-likeness (QED) is 0.100. The largest absolute Gasteiger partial charge is 1.00 e. The number of hydrogen-bond acceptors (Lipinski definition) is 25. The molecule has 0 aliphatic carbocycles. The van der Waals surface area contributed by atoms with E-state index in [0.29, 0.717) is 0 Å². The van der Waals surface area contributed by atoms with Crippen LogP contribution in [0.4, 0.5) is 0 Å². The van der Waals surface area contributed by atoms with Crippen LogP contribution in [-0.4, -0.2) is 93.2 Å². The van der Waals surface area contributed by atoms with E-state index in [-0.39, 0.29) is 148 Å². The standard InChI is InChI=1S/20ClHO.5ClO.5Na/c25*1-2;;;;;/h20*2H;;;;;;;;;;/q;;;;;;;;;;;;;;;;;;;;5*-1;5*+1. The molecular weight excluding hydrogens is 1400 g/mol. The van der Waals surface area contributed by atoms with Gasteiger partial charge in [0.15, 0.2) is 0 Å². The van der Waals surface area contributed by atoms with Crippen LogP contribution in [0.5, 0.6) is 0 Å². The van der Waals surface area contributed by atoms with E-state index in [9.17, 15) is 0 Å². The maximum atomic E-state index is 7.72. The van der Waals surface area contributed by atoms with E-state index in [1.54, 1.807) is 0 Å². The van der Waals surface area contributed by atoms with Crippen LogP contribution < -0.4 is 171 Å². The van der Waals surface area contributed by atoms with Gasteiger partial charge >= 0.3 is 148 Å². The summed E-state index contributed by atoms with van der Waals surface area (Å²) in [5.41, 5.74) is 0. The average Bonchev–Trinajstić information content (AvgIpc) is 3.37. The van der Waals surface area contributed by atoms with Gasteiger partial charge in [0.05, 0.1) is 237 Å². The normalized spacial score (nSPS) is 2.73. The van der Waals surface area contributed by atoms with Gasteiger partial charge in [0.2, 0.25) is 0 Å². The van der Waals surface area contributed by atoms with Gasteiger partial charge < -0.3 is 23.3 Å². The van der Waals surface area contributed by atoms with E-state index in [0.717, 1.165) is 0 Å². The second kappa shape index (κ2) is 2130. The van der Waals surface area contributed by atoms with E-state index in [2.05, 4.69) is 297 Å². The topological polar surface area (TPSA) is 520 Å². The third-order valence-corrected chi connectivity index (χ3v) is 0. The van der Waals surface area contributed by atoms with E-state index in [4.69, 9.17) is 116 Å². The Morgan fingerprint density at radius 3 is 0.109 bits per heavy atom. The summed E-state index contributed by atoms with van der Waals surface area (Å²) in [4.78, 5) is 0. The van der Waals surface area contributed by atoms with Crippen LogP contribution in [0.25, 0.3) is 0 Å². The molecule has 0 atom stereocenters. The van der Waals surface area contributed by atoms with Crippen LogP contribution in [0.15, 0.2) is 0 Å². The molecule has 0 amide bonds. The predicted octanol–water partition coefficient (Wildman–Crippen LogP) is -14.8. The minimum Gasteiger partial charge on any atom is -0.769 e. The molecule has 0 unspecified atom stereocenters.